The molecule has 0 amide bonds. The molecule has 1 aromatic heterocycles. The maximum Gasteiger partial charge on any atom is 0.228 e. The number of benzene rings is 2. The van der Waals surface area contributed by atoms with Gasteiger partial charge in [-0.15, -0.1) is 0 Å². The van der Waals surface area contributed by atoms with Gasteiger partial charge >= 0.3 is 0 Å². The minimum Gasteiger partial charge on any atom is -0.480 e. The predicted octanol–water partition coefficient (Wildman–Crippen LogP) is 5.38. The van der Waals surface area contributed by atoms with Gasteiger partial charge in [0.25, 0.3) is 0 Å². The molecule has 6 rings (SSSR count). The highest BCUT2D eigenvalue weighted by Gasteiger charge is 2.46. The van der Waals surface area contributed by atoms with Crippen LogP contribution in [0.4, 0.5) is 40.6 Å². The van der Waals surface area contributed by atoms with Gasteiger partial charge in [0, 0.05) is 37.8 Å². The van der Waals surface area contributed by atoms with Crippen LogP contribution in [0.3, 0.4) is 0 Å². The van der Waals surface area contributed by atoms with E-state index in [0.29, 0.717) is 38.4 Å². The highest BCUT2D eigenvalue weighted by Crippen LogP contribution is 2.48. The van der Waals surface area contributed by atoms with E-state index in [-0.39, 0.29) is 40.4 Å². The number of aromatic nitrogens is 2. The molecule has 7 nitrogen and oxygen atoms in total. The lowest BCUT2D eigenvalue weighted by atomic mass is 9.78. The Kier molecular flexibility index (Phi) is 6.49. The molecule has 1 saturated carbocycles. The summed E-state index contributed by atoms with van der Waals surface area (Å²) in [4.78, 5) is 11.9. The smallest absolute Gasteiger partial charge is 0.228 e. The van der Waals surface area contributed by atoms with Crippen molar-refractivity contribution in [1.29, 1.82) is 0 Å². The molecular formula is C28H30F4N6O. The number of fused-ring (bicyclic) bond motifs is 1. The number of hydrogen-bond donors (Lipinski definition) is 2. The fourth-order valence-corrected chi connectivity index (χ4v) is 5.50. The highest BCUT2D eigenvalue weighted by molar-refractivity contribution is 5.74. The molecule has 0 unspecified atom stereocenters. The fourth-order valence-electron chi connectivity index (χ4n) is 5.50. The number of anilines is 4. The average molecular weight is 543 g/mol. The fraction of sp³-hybridized carbons (Fsp3) is 0.429. The number of halogens is 4. The number of nitrogens with zero attached hydrogens (tertiary/aromatic N) is 4. The largest absolute Gasteiger partial charge is 0.480 e. The van der Waals surface area contributed by atoms with Crippen molar-refractivity contribution in [2.75, 3.05) is 47.8 Å². The van der Waals surface area contributed by atoms with Gasteiger partial charge in [-0.2, -0.15) is 0 Å². The Morgan fingerprint density at radius 1 is 1.00 bits per heavy atom. The van der Waals surface area contributed by atoms with Gasteiger partial charge in [0.1, 0.15) is 11.3 Å². The van der Waals surface area contributed by atoms with Crippen molar-refractivity contribution >= 4 is 23.0 Å². The Morgan fingerprint density at radius 3 is 2.46 bits per heavy atom. The molecule has 1 aliphatic carbocycles. The lowest BCUT2D eigenvalue weighted by Crippen LogP contribution is -2.57. The van der Waals surface area contributed by atoms with Crippen LogP contribution in [0.2, 0.25) is 0 Å². The molecule has 206 valence electrons. The number of hydrogen-bond acceptors (Lipinski definition) is 7. The molecule has 39 heavy (non-hydrogen) atoms. The summed E-state index contributed by atoms with van der Waals surface area (Å²) in [6.07, 6.45) is 3.68. The molecule has 0 atom stereocenters. The van der Waals surface area contributed by atoms with Gasteiger partial charge in [0.2, 0.25) is 5.95 Å². The quantitative estimate of drug-likeness (QED) is 0.420. The first-order chi connectivity index (χ1) is 18.7. The first-order valence-corrected chi connectivity index (χ1v) is 13.3. The van der Waals surface area contributed by atoms with Crippen LogP contribution in [0.1, 0.15) is 33.1 Å². The van der Waals surface area contributed by atoms with Crippen LogP contribution in [-0.4, -0.2) is 54.3 Å². The summed E-state index contributed by atoms with van der Waals surface area (Å²) >= 11 is 0. The number of nitrogens with one attached hydrogen (secondary N) is 2. The van der Waals surface area contributed by atoms with Crippen molar-refractivity contribution in [3.8, 4) is 17.0 Å². The Morgan fingerprint density at radius 2 is 1.77 bits per heavy atom. The topological polar surface area (TPSA) is 65.6 Å². The SMILES string of the molecule is CC(C)N1CC2(CCC2)Oc2c(F)cc(-c3nc(Nc4ccc(N5CCNCC5)c(F)c4F)ncc3F)cc21. The minimum atomic E-state index is -1.09. The van der Waals surface area contributed by atoms with Crippen LogP contribution in [0.15, 0.2) is 30.5 Å². The molecule has 2 fully saturated rings. The summed E-state index contributed by atoms with van der Waals surface area (Å²) in [6, 6.07) is 5.79. The zero-order valence-electron chi connectivity index (χ0n) is 21.8. The van der Waals surface area contributed by atoms with E-state index in [2.05, 4.69) is 25.5 Å². The molecule has 11 heteroatoms. The second-order valence-corrected chi connectivity index (χ2v) is 10.7. The van der Waals surface area contributed by atoms with Crippen molar-refractivity contribution < 1.29 is 22.3 Å². The molecular weight excluding hydrogens is 512 g/mol. The van der Waals surface area contributed by atoms with Crippen LogP contribution in [0.5, 0.6) is 5.75 Å². The Hall–Kier alpha value is -3.60. The summed E-state index contributed by atoms with van der Waals surface area (Å²) in [5.74, 6) is -3.45. The third-order valence-corrected chi connectivity index (χ3v) is 7.78. The summed E-state index contributed by atoms with van der Waals surface area (Å²) < 4.78 is 66.4. The molecule has 2 N–H and O–H groups in total. The van der Waals surface area contributed by atoms with Gasteiger partial charge in [0.15, 0.2) is 29.0 Å². The highest BCUT2D eigenvalue weighted by atomic mass is 19.2. The van der Waals surface area contributed by atoms with Crippen LogP contribution in [0.25, 0.3) is 11.3 Å². The van der Waals surface area contributed by atoms with Gasteiger partial charge in [-0.3, -0.25) is 0 Å². The molecule has 3 aromatic rings. The maximum absolute atomic E-state index is 15.4. The Balaban J connectivity index is 1.32. The monoisotopic (exact) mass is 542 g/mol. The first kappa shape index (κ1) is 25.7. The van der Waals surface area contributed by atoms with Crippen LogP contribution >= 0.6 is 0 Å². The van der Waals surface area contributed by atoms with E-state index >= 15 is 4.39 Å². The van der Waals surface area contributed by atoms with Gasteiger partial charge in [-0.05, 0) is 57.4 Å². The lowest BCUT2D eigenvalue weighted by Gasteiger charge is -2.50. The third kappa shape index (κ3) is 4.62. The molecule has 3 aliphatic rings. The second-order valence-electron chi connectivity index (χ2n) is 10.7. The van der Waals surface area contributed by atoms with Crippen molar-refractivity contribution in [2.24, 2.45) is 0 Å². The number of rotatable bonds is 5. The van der Waals surface area contributed by atoms with Gasteiger partial charge in [-0.25, -0.2) is 27.5 Å². The number of piperazine rings is 1. The minimum absolute atomic E-state index is 0.0642. The molecule has 2 aliphatic heterocycles. The van der Waals surface area contributed by atoms with E-state index in [9.17, 15) is 13.2 Å². The first-order valence-electron chi connectivity index (χ1n) is 13.3. The summed E-state index contributed by atoms with van der Waals surface area (Å²) in [5.41, 5.74) is 0.142. The lowest BCUT2D eigenvalue weighted by molar-refractivity contribution is -0.0122. The van der Waals surface area contributed by atoms with Gasteiger partial charge < -0.3 is 25.2 Å². The van der Waals surface area contributed by atoms with E-state index in [1.54, 1.807) is 11.0 Å². The Labute approximate surface area is 224 Å². The second kappa shape index (κ2) is 9.86. The standard InChI is InChI=1S/C28H30F4N6O/c1-16(2)38-15-28(6-3-7-28)39-26-18(29)12-17(13-22(26)38)25-19(30)14-34-27(36-25)35-20-4-5-21(24(32)23(20)31)37-10-8-33-9-11-37/h4-5,12-14,16,33H,3,6-11,15H2,1-2H3,(H,34,35,36). The summed E-state index contributed by atoms with van der Waals surface area (Å²) in [6.45, 7) is 7.13. The molecule has 1 spiro atoms. The van der Waals surface area contributed by atoms with Crippen LogP contribution in [-0.2, 0) is 0 Å². The molecule has 3 heterocycles. The zero-order chi connectivity index (χ0) is 27.3. The van der Waals surface area contributed by atoms with E-state index in [1.807, 2.05) is 13.8 Å². The molecule has 0 bridgehead atoms. The van der Waals surface area contributed by atoms with E-state index < -0.39 is 28.9 Å². The van der Waals surface area contributed by atoms with E-state index in [0.717, 1.165) is 25.5 Å². The third-order valence-electron chi connectivity index (χ3n) is 7.78. The normalized spacial score (nSPS) is 18.1. The predicted molar refractivity (Wildman–Crippen MR) is 142 cm³/mol. The molecule has 0 radical (unpaired) electrons. The maximum atomic E-state index is 15.4. The van der Waals surface area contributed by atoms with Crippen LogP contribution in [0, 0.1) is 23.3 Å². The van der Waals surface area contributed by atoms with Crippen molar-refractivity contribution in [3.63, 3.8) is 0 Å². The van der Waals surface area contributed by atoms with Gasteiger partial charge in [0.05, 0.1) is 29.8 Å². The average Bonchev–Trinajstić information content (AvgIpc) is 2.91. The zero-order valence-corrected chi connectivity index (χ0v) is 21.8. The van der Waals surface area contributed by atoms with Crippen molar-refractivity contribution in [2.45, 2.75) is 44.8 Å². The molecule has 2 aromatic carbocycles. The van der Waals surface area contributed by atoms with Crippen molar-refractivity contribution in [1.82, 2.24) is 15.3 Å². The van der Waals surface area contributed by atoms with E-state index in [1.165, 1.54) is 18.2 Å². The van der Waals surface area contributed by atoms with E-state index in [4.69, 9.17) is 4.74 Å². The number of ether oxygens (including phenoxy) is 1. The summed E-state index contributed by atoms with van der Waals surface area (Å²) in [5, 5.41) is 5.82. The van der Waals surface area contributed by atoms with Crippen molar-refractivity contribution in [3.05, 3.63) is 53.7 Å². The Bertz CT molecular complexity index is 1410. The van der Waals surface area contributed by atoms with Crippen LogP contribution < -0.4 is 25.2 Å². The molecule has 1 saturated heterocycles. The summed E-state index contributed by atoms with van der Waals surface area (Å²) in [7, 11) is 0. The van der Waals surface area contributed by atoms with Gasteiger partial charge in [-0.1, -0.05) is 0 Å².